The van der Waals surface area contributed by atoms with E-state index in [0.717, 1.165) is 5.56 Å². The second-order valence-corrected chi connectivity index (χ2v) is 15.1. The molecule has 0 aliphatic heterocycles. The van der Waals surface area contributed by atoms with Crippen LogP contribution in [0.25, 0.3) is 0 Å². The van der Waals surface area contributed by atoms with Gasteiger partial charge in [0.25, 0.3) is 0 Å². The summed E-state index contributed by atoms with van der Waals surface area (Å²) < 4.78 is 0. The van der Waals surface area contributed by atoms with E-state index >= 15 is 0 Å². The van der Waals surface area contributed by atoms with Crippen LogP contribution in [0.15, 0.2) is 77.8 Å². The number of carbonyl (C=O) groups is 5. The lowest BCUT2D eigenvalue weighted by Crippen LogP contribution is -2.53. The highest BCUT2D eigenvalue weighted by Crippen LogP contribution is 2.20. The molecular weight excluding hydrogens is 702 g/mol. The third kappa shape index (κ3) is 15.3. The molecule has 7 N–H and O–H groups in total. The van der Waals surface area contributed by atoms with Gasteiger partial charge in [-0.15, -0.1) is 0 Å². The molecule has 0 aromatic heterocycles. The highest BCUT2D eigenvalue weighted by atomic mass is 16.4. The van der Waals surface area contributed by atoms with Gasteiger partial charge in [-0.3, -0.25) is 19.7 Å². The van der Waals surface area contributed by atoms with Gasteiger partial charge in [0.05, 0.1) is 12.1 Å². The number of aliphatic carboxylic acids is 2. The monoisotopic (exact) mass is 753 g/mol. The van der Waals surface area contributed by atoms with Crippen molar-refractivity contribution in [2.75, 3.05) is 5.32 Å². The van der Waals surface area contributed by atoms with Gasteiger partial charge in [0.2, 0.25) is 23.7 Å². The molecule has 3 aromatic rings. The van der Waals surface area contributed by atoms with E-state index in [1.54, 1.807) is 48.5 Å². The topological polar surface area (TPSA) is 222 Å². The molecule has 0 aliphatic rings. The van der Waals surface area contributed by atoms with Crippen molar-refractivity contribution in [1.82, 2.24) is 21.3 Å². The first-order valence-electron chi connectivity index (χ1n) is 18.0. The number of nitrogens with one attached hydrogen (secondary N) is 5. The Hall–Kier alpha value is -6.23. The number of aliphatic imine (C=N–C) groups is 1. The molecule has 292 valence electrons. The zero-order chi connectivity index (χ0) is 40.7. The van der Waals surface area contributed by atoms with Crippen molar-refractivity contribution in [3.63, 3.8) is 0 Å². The van der Waals surface area contributed by atoms with E-state index < -0.39 is 47.8 Å². The number of amides is 3. The number of hydrogen-bond donors (Lipinski definition) is 7. The second kappa shape index (κ2) is 20.3. The summed E-state index contributed by atoms with van der Waals surface area (Å²) in [6.07, 6.45) is 1.91. The van der Waals surface area contributed by atoms with Crippen LogP contribution in [-0.2, 0) is 43.2 Å². The number of carboxylic acid groups (broad SMARTS) is 2. The number of guanidine groups is 1. The molecule has 14 nitrogen and oxygen atoms in total. The van der Waals surface area contributed by atoms with Crippen LogP contribution in [0.5, 0.6) is 0 Å². The average Bonchev–Trinajstić information content (AvgIpc) is 3.09. The van der Waals surface area contributed by atoms with Crippen LogP contribution < -0.4 is 26.6 Å². The molecule has 0 heterocycles. The van der Waals surface area contributed by atoms with Gasteiger partial charge in [0.1, 0.15) is 18.1 Å². The Kier molecular flexibility index (Phi) is 15.9. The number of carboxylic acids is 2. The largest absolute Gasteiger partial charge is 0.480 e. The van der Waals surface area contributed by atoms with E-state index in [2.05, 4.69) is 31.6 Å². The molecule has 3 unspecified atom stereocenters. The number of carbonyl (C=O) groups excluding carboxylic acids is 3. The normalized spacial score (nSPS) is 13.1. The van der Waals surface area contributed by atoms with Gasteiger partial charge in [0, 0.05) is 24.9 Å². The Balaban J connectivity index is 1.68. The van der Waals surface area contributed by atoms with E-state index in [4.69, 9.17) is 0 Å². The van der Waals surface area contributed by atoms with Crippen LogP contribution in [0, 0.1) is 29.7 Å². The van der Waals surface area contributed by atoms with Gasteiger partial charge < -0.3 is 31.5 Å². The summed E-state index contributed by atoms with van der Waals surface area (Å²) >= 11 is 0. The first kappa shape index (κ1) is 43.2. The molecule has 14 heteroatoms. The maximum absolute atomic E-state index is 13.5. The van der Waals surface area contributed by atoms with Crippen LogP contribution in [0.2, 0.25) is 0 Å². The quantitative estimate of drug-likeness (QED) is 0.0439. The summed E-state index contributed by atoms with van der Waals surface area (Å²) in [7, 11) is 0. The molecule has 0 saturated carbocycles. The molecule has 0 saturated heterocycles. The van der Waals surface area contributed by atoms with Crippen molar-refractivity contribution in [3.05, 3.63) is 95.1 Å². The summed E-state index contributed by atoms with van der Waals surface area (Å²) in [5.41, 5.74) is 3.62. The summed E-state index contributed by atoms with van der Waals surface area (Å²) in [4.78, 5) is 68.2. The molecule has 55 heavy (non-hydrogen) atoms. The number of rotatable bonds is 17. The number of aryl methyl sites for hydroxylation is 1. The first-order valence-corrected chi connectivity index (χ1v) is 18.0. The number of nitriles is 1. The summed E-state index contributed by atoms with van der Waals surface area (Å²) in [6.45, 7) is 11.3. The standard InChI is InChI=1S/C41H51N7O7/c1-25(2)19-32(46-35(49)20-27-13-17-31(18-14-27)45-40(43-24-42)44-30-15-11-26(3)12-16-30)37(51)48-34(39(54)55)22-29-10-8-7-9-28(29)21-33(38(52)53)47-36(50)23-41(4,5)6/h7-18,25,32-34H,19-23H2,1-6H3,(H,46,49)(H,47,50)(H,48,51)(H,52,53)(H,54,55)(H2,43,44,45). The van der Waals surface area contributed by atoms with Crippen LogP contribution >= 0.6 is 0 Å². The van der Waals surface area contributed by atoms with Gasteiger partial charge in [-0.1, -0.05) is 88.7 Å². The van der Waals surface area contributed by atoms with E-state index in [1.165, 1.54) is 0 Å². The van der Waals surface area contributed by atoms with Gasteiger partial charge in [0.15, 0.2) is 6.19 Å². The van der Waals surface area contributed by atoms with Crippen molar-refractivity contribution in [2.45, 2.75) is 91.8 Å². The summed E-state index contributed by atoms with van der Waals surface area (Å²) in [6, 6.07) is 17.3. The summed E-state index contributed by atoms with van der Waals surface area (Å²) in [5.74, 6) is -3.88. The van der Waals surface area contributed by atoms with Crippen LogP contribution in [-0.4, -0.2) is 64.0 Å². The van der Waals surface area contributed by atoms with Crippen LogP contribution in [0.3, 0.4) is 0 Å². The lowest BCUT2D eigenvalue weighted by molar-refractivity contribution is -0.142. The Morgan fingerprint density at radius 2 is 1.31 bits per heavy atom. The molecule has 0 aliphatic carbocycles. The van der Waals surface area contributed by atoms with Gasteiger partial charge in [-0.05, 0) is 65.6 Å². The lowest BCUT2D eigenvalue weighted by atomic mass is 9.91. The lowest BCUT2D eigenvalue weighted by Gasteiger charge is -2.24. The van der Waals surface area contributed by atoms with Crippen molar-refractivity contribution < 1.29 is 34.2 Å². The molecule has 0 bridgehead atoms. The fourth-order valence-electron chi connectivity index (χ4n) is 5.66. The van der Waals surface area contributed by atoms with E-state index in [-0.39, 0.29) is 49.4 Å². The Morgan fingerprint density at radius 3 is 1.82 bits per heavy atom. The minimum Gasteiger partial charge on any atom is -0.480 e. The maximum Gasteiger partial charge on any atom is 0.326 e. The Morgan fingerprint density at radius 1 is 0.764 bits per heavy atom. The van der Waals surface area contributed by atoms with Crippen molar-refractivity contribution >= 4 is 47.0 Å². The van der Waals surface area contributed by atoms with Crippen LogP contribution in [0.1, 0.15) is 69.7 Å². The number of benzene rings is 3. The number of hydrogen-bond acceptors (Lipinski definition) is 7. The van der Waals surface area contributed by atoms with Crippen molar-refractivity contribution in [3.8, 4) is 6.19 Å². The Labute approximate surface area is 321 Å². The minimum atomic E-state index is -1.39. The predicted molar refractivity (Wildman–Crippen MR) is 209 cm³/mol. The molecule has 3 aromatic carbocycles. The van der Waals surface area contributed by atoms with Crippen molar-refractivity contribution in [2.24, 2.45) is 16.3 Å². The van der Waals surface area contributed by atoms with Crippen LogP contribution in [0.4, 0.5) is 11.4 Å². The SMILES string of the molecule is Cc1ccc(N=C(NC#N)Nc2ccc(CC(=O)NC(CC(C)C)C(=O)NC(Cc3ccccc3CC(NC(=O)CC(C)(C)C)C(=O)O)C(=O)O)cc2)cc1. The third-order valence-corrected chi connectivity index (χ3v) is 8.29. The van der Waals surface area contributed by atoms with Gasteiger partial charge in [-0.2, -0.15) is 5.26 Å². The Bertz CT molecular complexity index is 1880. The number of anilines is 1. The fourth-order valence-corrected chi connectivity index (χ4v) is 5.66. The first-order chi connectivity index (χ1) is 25.9. The second-order valence-electron chi connectivity index (χ2n) is 15.1. The van der Waals surface area contributed by atoms with E-state index in [0.29, 0.717) is 28.1 Å². The molecule has 0 fully saturated rings. The molecular formula is C41H51N7O7. The van der Waals surface area contributed by atoms with Crippen molar-refractivity contribution in [1.29, 1.82) is 5.26 Å². The number of nitrogens with zero attached hydrogens (tertiary/aromatic N) is 2. The summed E-state index contributed by atoms with van der Waals surface area (Å²) in [5, 5.41) is 42.6. The minimum absolute atomic E-state index is 0.0235. The zero-order valence-electron chi connectivity index (χ0n) is 32.1. The smallest absolute Gasteiger partial charge is 0.326 e. The highest BCUT2D eigenvalue weighted by Gasteiger charge is 2.29. The third-order valence-electron chi connectivity index (χ3n) is 8.29. The van der Waals surface area contributed by atoms with E-state index in [9.17, 15) is 39.4 Å². The van der Waals surface area contributed by atoms with Gasteiger partial charge in [-0.25, -0.2) is 14.6 Å². The maximum atomic E-state index is 13.5. The predicted octanol–water partition coefficient (Wildman–Crippen LogP) is 4.60. The van der Waals surface area contributed by atoms with Gasteiger partial charge >= 0.3 is 11.9 Å². The molecule has 0 spiro atoms. The highest BCUT2D eigenvalue weighted by molar-refractivity contribution is 5.96. The molecule has 3 atom stereocenters. The zero-order valence-corrected chi connectivity index (χ0v) is 32.1. The van der Waals surface area contributed by atoms with E-state index in [1.807, 2.05) is 72.0 Å². The fraction of sp³-hybridized carbons (Fsp3) is 0.390. The average molecular weight is 754 g/mol. The molecule has 3 rings (SSSR count). The molecule has 0 radical (unpaired) electrons. The molecule has 3 amide bonds.